The normalized spacial score (nSPS) is 15.3. The maximum atomic E-state index is 13.3. The van der Waals surface area contributed by atoms with Crippen molar-refractivity contribution in [1.29, 1.82) is 0 Å². The van der Waals surface area contributed by atoms with E-state index in [0.717, 1.165) is 9.73 Å². The summed E-state index contributed by atoms with van der Waals surface area (Å²) in [4.78, 5) is 12.7. The number of hydrogen-bond donors (Lipinski definition) is 0. The van der Waals surface area contributed by atoms with Gasteiger partial charge in [-0.15, -0.1) is 0 Å². The van der Waals surface area contributed by atoms with Gasteiger partial charge >= 0.3 is 169 Å². The Morgan fingerprint density at radius 3 is 1.84 bits per heavy atom. The predicted octanol–water partition coefficient (Wildman–Crippen LogP) is 5.83. The molecular formula is C16H34BrO5P2Sn. The van der Waals surface area contributed by atoms with Gasteiger partial charge in [0.1, 0.15) is 0 Å². The van der Waals surface area contributed by atoms with E-state index in [9.17, 15) is 9.46 Å². The molecule has 0 aromatic heterocycles. The van der Waals surface area contributed by atoms with Crippen LogP contribution in [0.5, 0.6) is 0 Å². The average Bonchev–Trinajstić information content (AvgIpc) is 2.34. The van der Waals surface area contributed by atoms with Crippen LogP contribution >= 0.6 is 28.3 Å². The van der Waals surface area contributed by atoms with E-state index in [-0.39, 0.29) is 15.6 Å². The van der Waals surface area contributed by atoms with Gasteiger partial charge in [-0.05, 0) is 0 Å². The van der Waals surface area contributed by atoms with Crippen LogP contribution in [0.25, 0.3) is 0 Å². The van der Waals surface area contributed by atoms with Crippen LogP contribution in [0.3, 0.4) is 0 Å². The van der Waals surface area contributed by atoms with Gasteiger partial charge in [0.25, 0.3) is 0 Å². The molecule has 0 aliphatic rings. The van der Waals surface area contributed by atoms with Crippen LogP contribution in [0.4, 0.5) is 0 Å². The van der Waals surface area contributed by atoms with Gasteiger partial charge in [-0.25, -0.2) is 0 Å². The molecule has 0 saturated heterocycles. The van der Waals surface area contributed by atoms with Crippen molar-refractivity contribution in [3.05, 3.63) is 0 Å². The number of halogens is 1. The summed E-state index contributed by atoms with van der Waals surface area (Å²) in [6.07, 6.45) is -0.586. The van der Waals surface area contributed by atoms with E-state index in [1.807, 2.05) is 6.92 Å². The molecule has 5 nitrogen and oxygen atoms in total. The van der Waals surface area contributed by atoms with E-state index < -0.39 is 38.5 Å². The van der Waals surface area contributed by atoms with Crippen molar-refractivity contribution in [1.82, 2.24) is 0 Å². The molecular weight excluding hydrogens is 533 g/mol. The monoisotopic (exact) mass is 567 g/mol. The van der Waals surface area contributed by atoms with E-state index >= 15 is 0 Å². The quantitative estimate of drug-likeness (QED) is 0.259. The Balaban J connectivity index is 5.47. The van der Waals surface area contributed by atoms with E-state index in [2.05, 4.69) is 33.5 Å². The summed E-state index contributed by atoms with van der Waals surface area (Å²) in [7, 11) is -5.68. The summed E-state index contributed by atoms with van der Waals surface area (Å²) in [5, 5.41) is -0.502. The molecule has 0 heterocycles. The van der Waals surface area contributed by atoms with Crippen molar-refractivity contribution in [2.45, 2.75) is 94.7 Å². The van der Waals surface area contributed by atoms with Gasteiger partial charge in [-0.1, -0.05) is 0 Å². The van der Waals surface area contributed by atoms with Gasteiger partial charge < -0.3 is 0 Å². The summed E-state index contributed by atoms with van der Waals surface area (Å²) in [5.41, 5.74) is 0. The van der Waals surface area contributed by atoms with Crippen molar-refractivity contribution in [2.24, 2.45) is 0 Å². The molecule has 0 aliphatic carbocycles. The molecule has 25 heavy (non-hydrogen) atoms. The second-order valence-electron chi connectivity index (χ2n) is 8.17. The Labute approximate surface area is 168 Å². The van der Waals surface area contributed by atoms with Crippen LogP contribution < -0.4 is 4.89 Å². The number of rotatable bonds is 9. The third-order valence-electron chi connectivity index (χ3n) is 3.20. The maximum absolute atomic E-state index is 13.3. The molecule has 0 aromatic rings. The van der Waals surface area contributed by atoms with Crippen LogP contribution in [0.2, 0.25) is 7.87 Å². The van der Waals surface area contributed by atoms with Crippen LogP contribution in [0.15, 0.2) is 0 Å². The molecule has 0 spiro atoms. The molecule has 1 atom stereocenters. The molecule has 0 N–H and O–H groups in total. The first-order valence-electron chi connectivity index (χ1n) is 8.49. The Bertz CT molecular complexity index is 501. The molecule has 9 heteroatoms. The second kappa shape index (κ2) is 10.3. The van der Waals surface area contributed by atoms with Crippen molar-refractivity contribution in [3.63, 3.8) is 0 Å². The van der Waals surface area contributed by atoms with E-state index in [0.29, 0.717) is 0 Å². The second-order valence-corrected chi connectivity index (χ2v) is 26.1. The molecule has 149 valence electrons. The van der Waals surface area contributed by atoms with Gasteiger partial charge in [0, 0.05) is 0 Å². The molecule has 0 rings (SSSR count). The average molecular weight is 567 g/mol. The van der Waals surface area contributed by atoms with Crippen molar-refractivity contribution >= 4 is 51.1 Å². The fraction of sp³-hybridized carbons (Fsp3) is 0.938. The van der Waals surface area contributed by atoms with Gasteiger partial charge in [0.05, 0.1) is 0 Å². The third-order valence-corrected chi connectivity index (χ3v) is 25.3. The van der Waals surface area contributed by atoms with Crippen molar-refractivity contribution in [2.75, 3.05) is 0 Å². The van der Waals surface area contributed by atoms with Gasteiger partial charge in [0.2, 0.25) is 0 Å². The summed E-state index contributed by atoms with van der Waals surface area (Å²) < 4.78 is 31.3. The fourth-order valence-electron chi connectivity index (χ4n) is 1.72. The van der Waals surface area contributed by atoms with Crippen LogP contribution in [-0.4, -0.2) is 40.4 Å². The zero-order valence-electron chi connectivity index (χ0n) is 17.2. The van der Waals surface area contributed by atoms with Gasteiger partial charge in [0.15, 0.2) is 0 Å². The molecule has 0 saturated carbocycles. The zero-order chi connectivity index (χ0) is 20.2. The van der Waals surface area contributed by atoms with Gasteiger partial charge in [-0.3, -0.25) is 0 Å². The van der Waals surface area contributed by atoms with E-state index in [1.54, 1.807) is 41.5 Å². The fourth-order valence-corrected chi connectivity index (χ4v) is 13.9. The van der Waals surface area contributed by atoms with Crippen LogP contribution in [-0.2, 0) is 18.1 Å². The minimum atomic E-state index is -3.61. The number of hydrogen-bond acceptors (Lipinski definition) is 5. The standard InChI is InChI=1S/C12H25O5P2.C4H9.BrH.Sn/c1-9(2)15-19(14,16-10(3)4)12(7,8)17-18(13)11(5)6;1-4(2)3;;/h9-10H,5H2,1-4,6-8H3;1-3H3;1H;/q;;;+1/p-1. The Kier molecular flexibility index (Phi) is 11.0. The summed E-state index contributed by atoms with van der Waals surface area (Å²) in [6, 6.07) is 0. The topological polar surface area (TPSA) is 67.8 Å². The first kappa shape index (κ1) is 26.5. The SMILES string of the molecule is C/C([CH2][Sn]([Br])[C](C)(C)C)=[P+](/[O-])OC(C)(C)P(=O)(OC(C)C)OC(C)C. The molecule has 0 fully saturated rings. The van der Waals surface area contributed by atoms with Crippen LogP contribution in [0.1, 0.15) is 69.2 Å². The Morgan fingerprint density at radius 2 is 1.52 bits per heavy atom. The summed E-state index contributed by atoms with van der Waals surface area (Å²) in [6.45, 7) is 18.8. The molecule has 0 amide bonds. The minimum absolute atomic E-state index is 0.228. The predicted molar refractivity (Wildman–Crippen MR) is 112 cm³/mol. The Hall–Kier alpha value is 1.52. The molecule has 0 bridgehead atoms. The van der Waals surface area contributed by atoms with E-state index in [4.69, 9.17) is 13.6 Å². The Morgan fingerprint density at radius 1 is 1.12 bits per heavy atom. The first-order valence-corrected chi connectivity index (χ1v) is 21.1. The third kappa shape index (κ3) is 9.04. The molecule has 0 aliphatic heterocycles. The summed E-state index contributed by atoms with van der Waals surface area (Å²) in [5.74, 6) is 0. The molecule has 1 radical (unpaired) electrons. The first-order chi connectivity index (χ1) is 11.0. The summed E-state index contributed by atoms with van der Waals surface area (Å²) >= 11 is 1.96. The van der Waals surface area contributed by atoms with Gasteiger partial charge in [-0.2, -0.15) is 0 Å². The van der Waals surface area contributed by atoms with Crippen molar-refractivity contribution in [3.8, 4) is 0 Å². The zero-order valence-corrected chi connectivity index (χ0v) is 23.4. The van der Waals surface area contributed by atoms with Crippen LogP contribution in [0, 0.1) is 0 Å². The molecule has 1 unspecified atom stereocenters. The molecule has 0 aromatic carbocycles. The van der Waals surface area contributed by atoms with E-state index in [1.165, 1.54) is 0 Å². The van der Waals surface area contributed by atoms with Crippen molar-refractivity contribution < 1.29 is 23.0 Å².